The summed E-state index contributed by atoms with van der Waals surface area (Å²) in [7, 11) is 3.61. The molecule has 1 atom stereocenters. The van der Waals surface area contributed by atoms with Crippen LogP contribution in [0.4, 0.5) is 0 Å². The Morgan fingerprint density at radius 3 is 2.67 bits per heavy atom. The van der Waals surface area contributed by atoms with E-state index in [1.807, 2.05) is 61.3 Å². The molecule has 6 heteroatoms. The highest BCUT2D eigenvalue weighted by Crippen LogP contribution is 2.22. The van der Waals surface area contributed by atoms with Crippen LogP contribution in [0.1, 0.15) is 17.5 Å². The molecule has 0 aliphatic heterocycles. The van der Waals surface area contributed by atoms with E-state index in [-0.39, 0.29) is 11.9 Å². The summed E-state index contributed by atoms with van der Waals surface area (Å²) in [5, 5.41) is 4.05. The minimum Gasteiger partial charge on any atom is -0.497 e. The lowest BCUT2D eigenvalue weighted by Gasteiger charge is -2.22. The first-order chi connectivity index (χ1) is 13.1. The van der Waals surface area contributed by atoms with E-state index in [9.17, 15) is 4.79 Å². The minimum atomic E-state index is -0.215. The molecule has 142 valence electrons. The van der Waals surface area contributed by atoms with E-state index in [0.29, 0.717) is 13.1 Å². The Kier molecular flexibility index (Phi) is 6.42. The van der Waals surface area contributed by atoms with Crippen LogP contribution < -0.4 is 10.1 Å². The van der Waals surface area contributed by atoms with Crippen molar-refractivity contribution in [3.8, 4) is 5.75 Å². The van der Waals surface area contributed by atoms with Crippen molar-refractivity contribution in [3.63, 3.8) is 0 Å². The number of ether oxygens (including phenoxy) is 1. The average molecular weight is 384 g/mol. The first-order valence-electron chi connectivity index (χ1n) is 9.02. The second-order valence-electron chi connectivity index (χ2n) is 6.56. The summed E-state index contributed by atoms with van der Waals surface area (Å²) in [6.07, 6.45) is 0.796. The fourth-order valence-corrected chi connectivity index (χ4v) is 3.84. The largest absolute Gasteiger partial charge is 0.497 e. The Bertz CT molecular complexity index is 859. The summed E-state index contributed by atoms with van der Waals surface area (Å²) in [4.78, 5) is 19.1. The first kappa shape index (κ1) is 19.3. The van der Waals surface area contributed by atoms with Gasteiger partial charge in [0.05, 0.1) is 29.9 Å². The number of carbonyl (C=O) groups is 1. The van der Waals surface area contributed by atoms with Crippen LogP contribution in [0.2, 0.25) is 0 Å². The van der Waals surface area contributed by atoms with Gasteiger partial charge < -0.3 is 10.1 Å². The van der Waals surface area contributed by atoms with Gasteiger partial charge in [-0.05, 0) is 50.2 Å². The Labute approximate surface area is 164 Å². The molecule has 0 saturated heterocycles. The number of aromatic nitrogens is 1. The summed E-state index contributed by atoms with van der Waals surface area (Å²) in [5.74, 6) is 0.875. The van der Waals surface area contributed by atoms with Crippen LogP contribution in [0.15, 0.2) is 48.5 Å². The number of nitrogens with zero attached hydrogens (tertiary/aromatic N) is 2. The maximum absolute atomic E-state index is 12.4. The predicted octanol–water partition coefficient (Wildman–Crippen LogP) is 3.48. The van der Waals surface area contributed by atoms with Crippen molar-refractivity contribution >= 4 is 27.5 Å². The van der Waals surface area contributed by atoms with E-state index < -0.39 is 0 Å². The van der Waals surface area contributed by atoms with Gasteiger partial charge in [-0.15, -0.1) is 11.3 Å². The SMILES string of the molecule is COc1ccc(CCNC(=O)C(C)N(C)Cc2nc3ccccc3s2)cc1. The molecule has 0 fully saturated rings. The number of para-hydroxylation sites is 1. The average Bonchev–Trinajstić information content (AvgIpc) is 3.10. The number of carbonyl (C=O) groups excluding carboxylic acids is 1. The second kappa shape index (κ2) is 8.97. The molecule has 3 aromatic rings. The summed E-state index contributed by atoms with van der Waals surface area (Å²) < 4.78 is 6.34. The van der Waals surface area contributed by atoms with Gasteiger partial charge in [-0.1, -0.05) is 24.3 Å². The number of thiazole rings is 1. The van der Waals surface area contributed by atoms with E-state index >= 15 is 0 Å². The lowest BCUT2D eigenvalue weighted by molar-refractivity contribution is -0.125. The molecule has 1 heterocycles. The van der Waals surface area contributed by atoms with E-state index in [0.717, 1.165) is 22.7 Å². The van der Waals surface area contributed by atoms with Crippen molar-refractivity contribution in [1.29, 1.82) is 0 Å². The molecular weight excluding hydrogens is 358 g/mol. The van der Waals surface area contributed by atoms with Crippen LogP contribution in [0, 0.1) is 0 Å². The highest BCUT2D eigenvalue weighted by molar-refractivity contribution is 7.18. The van der Waals surface area contributed by atoms with E-state index in [2.05, 4.69) is 16.4 Å². The van der Waals surface area contributed by atoms with Crippen LogP contribution >= 0.6 is 11.3 Å². The van der Waals surface area contributed by atoms with Gasteiger partial charge in [0.2, 0.25) is 5.91 Å². The third kappa shape index (κ3) is 5.05. The molecule has 3 rings (SSSR count). The molecule has 0 bridgehead atoms. The van der Waals surface area contributed by atoms with Gasteiger partial charge in [0.1, 0.15) is 10.8 Å². The lowest BCUT2D eigenvalue weighted by Crippen LogP contribution is -2.43. The van der Waals surface area contributed by atoms with Gasteiger partial charge in [-0.3, -0.25) is 9.69 Å². The zero-order chi connectivity index (χ0) is 19.2. The standard InChI is InChI=1S/C21H25N3O2S/c1-15(21(25)22-13-12-16-8-10-17(26-3)11-9-16)24(2)14-20-23-18-6-4-5-7-19(18)27-20/h4-11,15H,12-14H2,1-3H3,(H,22,25). The van der Waals surface area contributed by atoms with E-state index in [1.54, 1.807) is 18.4 Å². The quantitative estimate of drug-likeness (QED) is 0.647. The molecular formula is C21H25N3O2S. The van der Waals surface area contributed by atoms with Crippen LogP contribution in [0.3, 0.4) is 0 Å². The lowest BCUT2D eigenvalue weighted by atomic mass is 10.1. The fraction of sp³-hybridized carbons (Fsp3) is 0.333. The molecule has 5 nitrogen and oxygen atoms in total. The number of hydrogen-bond acceptors (Lipinski definition) is 5. The third-order valence-electron chi connectivity index (χ3n) is 4.64. The highest BCUT2D eigenvalue weighted by atomic mass is 32.1. The van der Waals surface area contributed by atoms with Gasteiger partial charge in [-0.25, -0.2) is 4.98 Å². The normalized spacial score (nSPS) is 12.3. The van der Waals surface area contributed by atoms with Crippen molar-refractivity contribution in [2.45, 2.75) is 25.9 Å². The topological polar surface area (TPSA) is 54.5 Å². The number of amides is 1. The second-order valence-corrected chi connectivity index (χ2v) is 7.67. The smallest absolute Gasteiger partial charge is 0.237 e. The van der Waals surface area contributed by atoms with Crippen LogP contribution in [-0.2, 0) is 17.8 Å². The van der Waals surface area contributed by atoms with Crippen molar-refractivity contribution in [1.82, 2.24) is 15.2 Å². The molecule has 1 amide bonds. The fourth-order valence-electron chi connectivity index (χ4n) is 2.81. The van der Waals surface area contributed by atoms with Crippen LogP contribution in [-0.4, -0.2) is 42.5 Å². The molecule has 1 N–H and O–H groups in total. The van der Waals surface area contributed by atoms with Gasteiger partial charge in [0, 0.05) is 6.54 Å². The molecule has 0 spiro atoms. The van der Waals surface area contributed by atoms with Crippen molar-refractivity contribution in [3.05, 3.63) is 59.1 Å². The molecule has 1 unspecified atom stereocenters. The molecule has 0 saturated carbocycles. The number of likely N-dealkylation sites (N-methyl/N-ethyl adjacent to an activating group) is 1. The van der Waals surface area contributed by atoms with Gasteiger partial charge in [0.15, 0.2) is 0 Å². The summed E-state index contributed by atoms with van der Waals surface area (Å²) in [5.41, 5.74) is 2.19. The van der Waals surface area contributed by atoms with E-state index in [1.165, 1.54) is 10.3 Å². The zero-order valence-electron chi connectivity index (χ0n) is 15.9. The monoisotopic (exact) mass is 383 g/mol. The number of hydrogen-bond donors (Lipinski definition) is 1. The minimum absolute atomic E-state index is 0.0344. The van der Waals surface area contributed by atoms with Crippen molar-refractivity contribution in [2.24, 2.45) is 0 Å². The Morgan fingerprint density at radius 1 is 1.22 bits per heavy atom. The predicted molar refractivity (Wildman–Crippen MR) is 110 cm³/mol. The molecule has 0 radical (unpaired) electrons. The van der Waals surface area contributed by atoms with Crippen molar-refractivity contribution in [2.75, 3.05) is 20.7 Å². The molecule has 0 aliphatic carbocycles. The van der Waals surface area contributed by atoms with Gasteiger partial charge in [0.25, 0.3) is 0 Å². The Hall–Kier alpha value is -2.44. The number of fused-ring (bicyclic) bond motifs is 1. The molecule has 1 aromatic heterocycles. The molecule has 2 aromatic carbocycles. The van der Waals surface area contributed by atoms with E-state index in [4.69, 9.17) is 4.74 Å². The van der Waals surface area contributed by atoms with Crippen LogP contribution in [0.5, 0.6) is 5.75 Å². The molecule has 27 heavy (non-hydrogen) atoms. The molecule has 0 aliphatic rings. The number of rotatable bonds is 8. The Balaban J connectivity index is 1.48. The number of methoxy groups -OCH3 is 1. The van der Waals surface area contributed by atoms with Crippen LogP contribution in [0.25, 0.3) is 10.2 Å². The summed E-state index contributed by atoms with van der Waals surface area (Å²) in [6.45, 7) is 3.20. The van der Waals surface area contributed by atoms with Crippen molar-refractivity contribution < 1.29 is 9.53 Å². The number of benzene rings is 2. The highest BCUT2D eigenvalue weighted by Gasteiger charge is 2.19. The first-order valence-corrected chi connectivity index (χ1v) is 9.84. The third-order valence-corrected chi connectivity index (χ3v) is 5.66. The maximum Gasteiger partial charge on any atom is 0.237 e. The maximum atomic E-state index is 12.4. The summed E-state index contributed by atoms with van der Waals surface area (Å²) >= 11 is 1.68. The Morgan fingerprint density at radius 2 is 1.96 bits per heavy atom. The van der Waals surface area contributed by atoms with Gasteiger partial charge in [-0.2, -0.15) is 0 Å². The summed E-state index contributed by atoms with van der Waals surface area (Å²) in [6, 6.07) is 15.8. The van der Waals surface area contributed by atoms with Gasteiger partial charge >= 0.3 is 0 Å². The number of nitrogens with one attached hydrogen (secondary N) is 1. The zero-order valence-corrected chi connectivity index (χ0v) is 16.8.